The molecule has 3 heterocycles. The van der Waals surface area contributed by atoms with Gasteiger partial charge in [0.15, 0.2) is 11.6 Å². The topological polar surface area (TPSA) is 91.6 Å². The van der Waals surface area contributed by atoms with Crippen LogP contribution in [0.5, 0.6) is 0 Å². The Morgan fingerprint density at radius 2 is 1.86 bits per heavy atom. The fourth-order valence-electron chi connectivity index (χ4n) is 4.86. The highest BCUT2D eigenvalue weighted by Gasteiger charge is 2.40. The molecule has 8 nitrogen and oxygen atoms in total. The van der Waals surface area contributed by atoms with E-state index in [-0.39, 0.29) is 29.7 Å². The minimum Gasteiger partial charge on any atom is -0.391 e. The van der Waals surface area contributed by atoms with Crippen molar-refractivity contribution in [3.8, 4) is 0 Å². The number of carbonyl (C=O) groups is 2. The number of β-amino-alcohol motifs (C(OH)–C–C–N with tert-alkyl or cyclic N) is 1. The normalized spacial score (nSPS) is 26.0. The van der Waals surface area contributed by atoms with E-state index in [0.717, 1.165) is 37.3 Å². The highest BCUT2D eigenvalue weighted by atomic mass is 16.3. The second-order valence-corrected chi connectivity index (χ2v) is 8.77. The molecule has 8 heteroatoms. The third-order valence-corrected chi connectivity index (χ3v) is 6.40. The van der Waals surface area contributed by atoms with Crippen molar-refractivity contribution in [3.63, 3.8) is 0 Å². The molecule has 2 fully saturated rings. The van der Waals surface area contributed by atoms with Crippen LogP contribution < -0.4 is 0 Å². The van der Waals surface area contributed by atoms with Crippen LogP contribution in [0.3, 0.4) is 0 Å². The van der Waals surface area contributed by atoms with E-state index in [1.54, 1.807) is 4.90 Å². The molecule has 2 amide bonds. The summed E-state index contributed by atoms with van der Waals surface area (Å²) < 4.78 is 2.05. The van der Waals surface area contributed by atoms with Crippen molar-refractivity contribution < 1.29 is 14.7 Å². The van der Waals surface area contributed by atoms with Gasteiger partial charge in [0.05, 0.1) is 18.7 Å². The molecule has 1 aromatic heterocycles. The van der Waals surface area contributed by atoms with Crippen LogP contribution in [0.2, 0.25) is 0 Å². The highest BCUT2D eigenvalue weighted by molar-refractivity contribution is 5.79. The molecule has 2 atom stereocenters. The first-order chi connectivity index (χ1) is 13.5. The molecule has 3 aliphatic rings. The molecule has 2 aliphatic heterocycles. The van der Waals surface area contributed by atoms with Crippen LogP contribution >= 0.6 is 0 Å². The fourth-order valence-corrected chi connectivity index (χ4v) is 4.86. The Morgan fingerprint density at radius 1 is 1.11 bits per heavy atom. The number of aliphatic hydroxyl groups is 1. The lowest BCUT2D eigenvalue weighted by Gasteiger charge is -2.33. The number of nitrogens with zero attached hydrogens (tertiary/aromatic N) is 5. The number of amides is 2. The van der Waals surface area contributed by atoms with Gasteiger partial charge in [-0.1, -0.05) is 33.1 Å². The van der Waals surface area contributed by atoms with Crippen molar-refractivity contribution in [2.75, 3.05) is 13.1 Å². The van der Waals surface area contributed by atoms with Crippen LogP contribution in [-0.2, 0) is 22.7 Å². The number of aromatic nitrogens is 3. The van der Waals surface area contributed by atoms with E-state index in [0.29, 0.717) is 32.6 Å². The number of rotatable bonds is 3. The van der Waals surface area contributed by atoms with Gasteiger partial charge in [0.25, 0.3) is 0 Å². The molecule has 1 aromatic rings. The Morgan fingerprint density at radius 3 is 2.57 bits per heavy atom. The van der Waals surface area contributed by atoms with Gasteiger partial charge >= 0.3 is 0 Å². The second kappa shape index (κ2) is 7.81. The summed E-state index contributed by atoms with van der Waals surface area (Å²) in [6, 6.07) is -0.244. The lowest BCUT2D eigenvalue weighted by atomic mass is 9.88. The van der Waals surface area contributed by atoms with Crippen molar-refractivity contribution in [1.82, 2.24) is 24.6 Å². The van der Waals surface area contributed by atoms with Crippen molar-refractivity contribution in [2.45, 2.75) is 77.6 Å². The molecule has 0 spiro atoms. The Kier molecular flexibility index (Phi) is 5.40. The van der Waals surface area contributed by atoms with Gasteiger partial charge in [0.1, 0.15) is 0 Å². The van der Waals surface area contributed by atoms with E-state index in [1.807, 2.05) is 23.3 Å². The molecule has 0 aromatic carbocycles. The number of hydrogen-bond acceptors (Lipinski definition) is 5. The van der Waals surface area contributed by atoms with Crippen LogP contribution in [0.25, 0.3) is 0 Å². The van der Waals surface area contributed by atoms with Crippen LogP contribution in [0, 0.1) is 11.8 Å². The fraction of sp³-hybridized carbons (Fsp3) is 0.800. The third kappa shape index (κ3) is 3.54. The Labute approximate surface area is 165 Å². The first kappa shape index (κ1) is 19.4. The molecule has 1 saturated heterocycles. The standard InChI is InChI=1S/C20H31N5O3/c1-13(2)19(27)25-11-15(26)10-16(25)18-22-21-17-12-23(8-9-24(17)18)20(28)14-6-4-3-5-7-14/h13-16,26H,3-12H2,1-2H3/t15-,16+/m1/s1. The van der Waals surface area contributed by atoms with Crippen molar-refractivity contribution in [3.05, 3.63) is 11.6 Å². The molecule has 1 saturated carbocycles. The average Bonchev–Trinajstić information content (AvgIpc) is 3.29. The maximum Gasteiger partial charge on any atom is 0.226 e. The number of aliphatic hydroxyl groups excluding tert-OH is 1. The van der Waals surface area contributed by atoms with Crippen LogP contribution in [-0.4, -0.2) is 60.7 Å². The van der Waals surface area contributed by atoms with Crippen LogP contribution in [0.4, 0.5) is 0 Å². The molecular formula is C20H31N5O3. The summed E-state index contributed by atoms with van der Waals surface area (Å²) in [5.41, 5.74) is 0. The Balaban J connectivity index is 1.50. The highest BCUT2D eigenvalue weighted by Crippen LogP contribution is 2.34. The zero-order valence-electron chi connectivity index (χ0n) is 16.9. The number of hydrogen-bond donors (Lipinski definition) is 1. The summed E-state index contributed by atoms with van der Waals surface area (Å²) in [5.74, 6) is 1.84. The van der Waals surface area contributed by atoms with Crippen molar-refractivity contribution >= 4 is 11.8 Å². The maximum atomic E-state index is 12.9. The van der Waals surface area contributed by atoms with E-state index in [1.165, 1.54) is 6.42 Å². The zero-order valence-corrected chi connectivity index (χ0v) is 16.9. The molecule has 28 heavy (non-hydrogen) atoms. The lowest BCUT2D eigenvalue weighted by Crippen LogP contribution is -2.43. The number of carbonyl (C=O) groups excluding carboxylic acids is 2. The van der Waals surface area contributed by atoms with Gasteiger partial charge in [-0.15, -0.1) is 10.2 Å². The van der Waals surface area contributed by atoms with E-state index in [4.69, 9.17) is 0 Å². The van der Waals surface area contributed by atoms with Gasteiger partial charge < -0.3 is 19.5 Å². The van der Waals surface area contributed by atoms with Gasteiger partial charge in [-0.05, 0) is 12.8 Å². The molecule has 1 aliphatic carbocycles. The summed E-state index contributed by atoms with van der Waals surface area (Å²) in [6.07, 6.45) is 5.48. The summed E-state index contributed by atoms with van der Waals surface area (Å²) in [4.78, 5) is 29.1. The maximum absolute atomic E-state index is 12.9. The molecule has 4 rings (SSSR count). The quantitative estimate of drug-likeness (QED) is 0.846. The summed E-state index contributed by atoms with van der Waals surface area (Å²) >= 11 is 0. The molecule has 0 bridgehead atoms. The third-order valence-electron chi connectivity index (χ3n) is 6.40. The second-order valence-electron chi connectivity index (χ2n) is 8.77. The van der Waals surface area contributed by atoms with E-state index in [9.17, 15) is 14.7 Å². The van der Waals surface area contributed by atoms with Crippen molar-refractivity contribution in [1.29, 1.82) is 0 Å². The van der Waals surface area contributed by atoms with E-state index < -0.39 is 6.10 Å². The minimum absolute atomic E-state index is 0.0313. The van der Waals surface area contributed by atoms with Gasteiger partial charge in [-0.3, -0.25) is 9.59 Å². The first-order valence-electron chi connectivity index (χ1n) is 10.6. The molecular weight excluding hydrogens is 358 g/mol. The summed E-state index contributed by atoms with van der Waals surface area (Å²) in [7, 11) is 0. The summed E-state index contributed by atoms with van der Waals surface area (Å²) in [6.45, 7) is 5.87. The van der Waals surface area contributed by atoms with Gasteiger partial charge in [0.2, 0.25) is 11.8 Å². The minimum atomic E-state index is -0.534. The van der Waals surface area contributed by atoms with Crippen LogP contribution in [0.15, 0.2) is 0 Å². The van der Waals surface area contributed by atoms with E-state index in [2.05, 4.69) is 10.2 Å². The number of fused-ring (bicyclic) bond motifs is 1. The molecule has 154 valence electrons. The monoisotopic (exact) mass is 389 g/mol. The molecule has 0 radical (unpaired) electrons. The number of likely N-dealkylation sites (tertiary alicyclic amines) is 1. The largest absolute Gasteiger partial charge is 0.391 e. The van der Waals surface area contributed by atoms with E-state index >= 15 is 0 Å². The lowest BCUT2D eigenvalue weighted by molar-refractivity contribution is -0.138. The SMILES string of the molecule is CC(C)C(=O)N1C[C@H](O)C[C@H]1c1nnc2n1CCN(C(=O)C1CCCCC1)C2. The Bertz CT molecular complexity index is 740. The zero-order chi connectivity index (χ0) is 19.8. The first-order valence-corrected chi connectivity index (χ1v) is 10.6. The van der Waals surface area contributed by atoms with Gasteiger partial charge in [-0.25, -0.2) is 0 Å². The molecule has 1 N–H and O–H groups in total. The Hall–Kier alpha value is -1.96. The van der Waals surface area contributed by atoms with Crippen molar-refractivity contribution in [2.24, 2.45) is 11.8 Å². The molecule has 0 unspecified atom stereocenters. The predicted octanol–water partition coefficient (Wildman–Crippen LogP) is 1.49. The smallest absolute Gasteiger partial charge is 0.226 e. The average molecular weight is 390 g/mol. The summed E-state index contributed by atoms with van der Waals surface area (Å²) in [5, 5.41) is 18.9. The van der Waals surface area contributed by atoms with Gasteiger partial charge in [-0.2, -0.15) is 0 Å². The van der Waals surface area contributed by atoms with Gasteiger partial charge in [0, 0.05) is 37.9 Å². The van der Waals surface area contributed by atoms with Crippen LogP contribution in [0.1, 0.15) is 70.1 Å². The predicted molar refractivity (Wildman–Crippen MR) is 102 cm³/mol.